The molecule has 2 nitrogen and oxygen atoms in total. The van der Waals surface area contributed by atoms with E-state index in [1.165, 1.54) is 0 Å². The van der Waals surface area contributed by atoms with E-state index in [0.717, 1.165) is 12.2 Å². The normalized spacial score (nSPS) is 11.7. The minimum Gasteiger partial charge on any atom is -0.368 e. The highest BCUT2D eigenvalue weighted by atomic mass is 33.1. The van der Waals surface area contributed by atoms with E-state index >= 15 is 0 Å². The first kappa shape index (κ1) is 13.3. The van der Waals surface area contributed by atoms with Gasteiger partial charge in [0.15, 0.2) is 5.78 Å². The number of hydrogen-bond acceptors (Lipinski definition) is 4. The summed E-state index contributed by atoms with van der Waals surface area (Å²) in [7, 11) is 3.58. The highest BCUT2D eigenvalue weighted by molar-refractivity contribution is 8.76. The van der Waals surface area contributed by atoms with Crippen LogP contribution in [0.2, 0.25) is 0 Å². The number of hydrogen-bond donors (Lipinski definition) is 0. The molecule has 13 heavy (non-hydrogen) atoms. The summed E-state index contributed by atoms with van der Waals surface area (Å²) in [6.07, 6.45) is 3.06. The van der Waals surface area contributed by atoms with Crippen LogP contribution < -0.4 is 0 Å². The molecule has 0 aromatic carbocycles. The van der Waals surface area contributed by atoms with Gasteiger partial charge in [-0.05, 0) is 33.4 Å². The van der Waals surface area contributed by atoms with Crippen LogP contribution in [0.5, 0.6) is 0 Å². The summed E-state index contributed by atoms with van der Waals surface area (Å²) >= 11 is 0. The third-order valence-corrected chi connectivity index (χ3v) is 3.70. The van der Waals surface area contributed by atoms with E-state index in [0.29, 0.717) is 6.61 Å². The Morgan fingerprint density at radius 3 is 2.54 bits per heavy atom. The van der Waals surface area contributed by atoms with E-state index in [9.17, 15) is 4.79 Å². The summed E-state index contributed by atoms with van der Waals surface area (Å²) in [6.45, 7) is 5.87. The van der Waals surface area contributed by atoms with E-state index < -0.39 is 5.60 Å². The molecule has 0 saturated carbocycles. The summed E-state index contributed by atoms with van der Waals surface area (Å²) in [5, 5.41) is 0. The molecule has 0 saturated heterocycles. The SMILES string of the molecule is CSSCCCOC(C)(C)C(C)=O. The number of rotatable bonds is 7. The van der Waals surface area contributed by atoms with Gasteiger partial charge in [0, 0.05) is 12.4 Å². The van der Waals surface area contributed by atoms with Gasteiger partial charge in [-0.15, -0.1) is 0 Å². The van der Waals surface area contributed by atoms with Crippen LogP contribution in [0.25, 0.3) is 0 Å². The highest BCUT2D eigenvalue weighted by Gasteiger charge is 2.23. The predicted octanol–water partition coefficient (Wildman–Crippen LogP) is 2.77. The van der Waals surface area contributed by atoms with Gasteiger partial charge in [0.2, 0.25) is 0 Å². The molecule has 0 aromatic rings. The molecule has 0 aliphatic heterocycles. The van der Waals surface area contributed by atoms with Crippen molar-refractivity contribution in [3.63, 3.8) is 0 Å². The van der Waals surface area contributed by atoms with Crippen molar-refractivity contribution in [2.75, 3.05) is 18.6 Å². The minimum atomic E-state index is -0.607. The van der Waals surface area contributed by atoms with Gasteiger partial charge in [-0.1, -0.05) is 21.6 Å². The van der Waals surface area contributed by atoms with Crippen LogP contribution in [0.1, 0.15) is 27.2 Å². The van der Waals surface area contributed by atoms with Crippen LogP contribution in [0.4, 0.5) is 0 Å². The second kappa shape index (κ2) is 6.74. The van der Waals surface area contributed by atoms with Gasteiger partial charge in [-0.2, -0.15) is 0 Å². The van der Waals surface area contributed by atoms with Gasteiger partial charge in [0.1, 0.15) is 5.60 Å². The Balaban J connectivity index is 3.46. The molecule has 0 rings (SSSR count). The van der Waals surface area contributed by atoms with E-state index in [2.05, 4.69) is 6.26 Å². The lowest BCUT2D eigenvalue weighted by molar-refractivity contribution is -0.137. The number of ether oxygens (including phenoxy) is 1. The fourth-order valence-corrected chi connectivity index (χ4v) is 1.89. The van der Waals surface area contributed by atoms with Gasteiger partial charge < -0.3 is 4.74 Å². The molecule has 0 spiro atoms. The molecule has 0 aliphatic carbocycles. The molecule has 0 aliphatic rings. The Labute approximate surface area is 88.6 Å². The highest BCUT2D eigenvalue weighted by Crippen LogP contribution is 2.18. The van der Waals surface area contributed by atoms with Crippen molar-refractivity contribution < 1.29 is 9.53 Å². The van der Waals surface area contributed by atoms with E-state index in [1.807, 2.05) is 24.6 Å². The molecule has 0 atom stereocenters. The first-order valence-electron chi connectivity index (χ1n) is 4.31. The smallest absolute Gasteiger partial charge is 0.160 e. The van der Waals surface area contributed by atoms with Crippen LogP contribution in [-0.4, -0.2) is 30.0 Å². The van der Waals surface area contributed by atoms with Crippen LogP contribution in [0.3, 0.4) is 0 Å². The van der Waals surface area contributed by atoms with Crippen molar-refractivity contribution in [2.45, 2.75) is 32.8 Å². The third-order valence-electron chi connectivity index (χ3n) is 1.80. The van der Waals surface area contributed by atoms with Crippen molar-refractivity contribution in [3.05, 3.63) is 0 Å². The Kier molecular flexibility index (Phi) is 6.91. The summed E-state index contributed by atoms with van der Waals surface area (Å²) < 4.78 is 5.47. The predicted molar refractivity (Wildman–Crippen MR) is 61.3 cm³/mol. The van der Waals surface area contributed by atoms with Crippen molar-refractivity contribution in [2.24, 2.45) is 0 Å². The Morgan fingerprint density at radius 2 is 2.08 bits per heavy atom. The van der Waals surface area contributed by atoms with Gasteiger partial charge in [0.25, 0.3) is 0 Å². The first-order chi connectivity index (χ1) is 6.00. The van der Waals surface area contributed by atoms with Gasteiger partial charge in [-0.3, -0.25) is 4.79 Å². The fraction of sp³-hybridized carbons (Fsp3) is 0.889. The molecule has 0 N–H and O–H groups in total. The maximum absolute atomic E-state index is 11.1. The molecular formula is C9H18O2S2. The monoisotopic (exact) mass is 222 g/mol. The molecule has 0 unspecified atom stereocenters. The lowest BCUT2D eigenvalue weighted by atomic mass is 10.1. The summed E-state index contributed by atoms with van der Waals surface area (Å²) in [6, 6.07) is 0. The molecule has 4 heteroatoms. The molecule has 0 amide bonds. The molecule has 78 valence electrons. The largest absolute Gasteiger partial charge is 0.368 e. The number of carbonyl (C=O) groups excluding carboxylic acids is 1. The molecule has 0 aromatic heterocycles. The van der Waals surface area contributed by atoms with Gasteiger partial charge in [-0.25, -0.2) is 0 Å². The molecular weight excluding hydrogens is 204 g/mol. The van der Waals surface area contributed by atoms with Crippen LogP contribution >= 0.6 is 21.6 Å². The zero-order valence-electron chi connectivity index (χ0n) is 8.75. The lowest BCUT2D eigenvalue weighted by Crippen LogP contribution is -2.33. The Bertz CT molecular complexity index is 158. The van der Waals surface area contributed by atoms with E-state index in [-0.39, 0.29) is 5.78 Å². The van der Waals surface area contributed by atoms with Gasteiger partial charge in [0.05, 0.1) is 0 Å². The first-order valence-corrected chi connectivity index (χ1v) is 7.04. The van der Waals surface area contributed by atoms with Gasteiger partial charge >= 0.3 is 0 Å². The lowest BCUT2D eigenvalue weighted by Gasteiger charge is -2.21. The maximum Gasteiger partial charge on any atom is 0.160 e. The summed E-state index contributed by atoms with van der Waals surface area (Å²) in [5.41, 5.74) is -0.607. The summed E-state index contributed by atoms with van der Waals surface area (Å²) in [4.78, 5) is 11.1. The summed E-state index contributed by atoms with van der Waals surface area (Å²) in [5.74, 6) is 1.17. The molecule has 0 fully saturated rings. The van der Waals surface area contributed by atoms with Crippen LogP contribution in [0.15, 0.2) is 0 Å². The average molecular weight is 222 g/mol. The number of ketones is 1. The second-order valence-corrected chi connectivity index (χ2v) is 5.94. The zero-order valence-corrected chi connectivity index (χ0v) is 10.4. The number of Topliss-reactive ketones (excluding diaryl/α,β-unsaturated/α-hetero) is 1. The quantitative estimate of drug-likeness (QED) is 0.489. The van der Waals surface area contributed by atoms with Crippen molar-refractivity contribution in [1.29, 1.82) is 0 Å². The van der Waals surface area contributed by atoms with Crippen LogP contribution in [-0.2, 0) is 9.53 Å². The third kappa shape index (κ3) is 6.41. The molecule has 0 bridgehead atoms. The van der Waals surface area contributed by atoms with Crippen molar-refractivity contribution in [3.8, 4) is 0 Å². The number of carbonyl (C=O) groups is 1. The standard InChI is InChI=1S/C9H18O2S2/c1-8(10)9(2,3)11-6-5-7-13-12-4/h5-7H2,1-4H3. The van der Waals surface area contributed by atoms with Crippen LogP contribution in [0, 0.1) is 0 Å². The molecule has 0 radical (unpaired) electrons. The zero-order chi connectivity index (χ0) is 10.3. The Hall–Kier alpha value is 0.330. The average Bonchev–Trinajstić information content (AvgIpc) is 2.03. The van der Waals surface area contributed by atoms with Crippen molar-refractivity contribution in [1.82, 2.24) is 0 Å². The minimum absolute atomic E-state index is 0.0880. The molecule has 0 heterocycles. The van der Waals surface area contributed by atoms with Crippen molar-refractivity contribution >= 4 is 27.4 Å². The Morgan fingerprint density at radius 1 is 1.46 bits per heavy atom. The van der Waals surface area contributed by atoms with E-state index in [1.54, 1.807) is 17.7 Å². The topological polar surface area (TPSA) is 26.3 Å². The fourth-order valence-electron chi connectivity index (χ4n) is 0.630. The van der Waals surface area contributed by atoms with E-state index in [4.69, 9.17) is 4.74 Å². The maximum atomic E-state index is 11.1. The second-order valence-electron chi connectivity index (χ2n) is 3.26.